The summed E-state index contributed by atoms with van der Waals surface area (Å²) in [5, 5.41) is 2.98. The van der Waals surface area contributed by atoms with E-state index in [1.165, 1.54) is 0 Å². The average Bonchev–Trinajstić information content (AvgIpc) is 2.72. The van der Waals surface area contributed by atoms with Gasteiger partial charge in [-0.2, -0.15) is 0 Å². The molecule has 0 aliphatic carbocycles. The lowest BCUT2D eigenvalue weighted by molar-refractivity contribution is -0.140. The highest BCUT2D eigenvalue weighted by molar-refractivity contribution is 5.88. The van der Waals surface area contributed by atoms with Gasteiger partial charge in [0.05, 0.1) is 13.5 Å². The third kappa shape index (κ3) is 6.12. The topological polar surface area (TPSA) is 58.6 Å². The van der Waals surface area contributed by atoms with Crippen LogP contribution in [0.15, 0.2) is 54.6 Å². The van der Waals surface area contributed by atoms with Gasteiger partial charge in [-0.3, -0.25) is 9.59 Å². The van der Waals surface area contributed by atoms with Crippen LogP contribution in [0.25, 0.3) is 0 Å². The largest absolute Gasteiger partial charge is 0.497 e. The van der Waals surface area contributed by atoms with Crippen molar-refractivity contribution in [2.45, 2.75) is 52.2 Å². The van der Waals surface area contributed by atoms with Gasteiger partial charge in [0.25, 0.3) is 0 Å². The maximum atomic E-state index is 13.1. The number of rotatable bonds is 9. The van der Waals surface area contributed by atoms with Crippen LogP contribution in [0.5, 0.6) is 5.75 Å². The van der Waals surface area contributed by atoms with Gasteiger partial charge in [-0.05, 0) is 43.5 Å². The molecule has 28 heavy (non-hydrogen) atoms. The van der Waals surface area contributed by atoms with Gasteiger partial charge >= 0.3 is 0 Å². The molecule has 1 N–H and O–H groups in total. The van der Waals surface area contributed by atoms with Crippen molar-refractivity contribution in [2.24, 2.45) is 0 Å². The van der Waals surface area contributed by atoms with Crippen molar-refractivity contribution >= 4 is 11.8 Å². The van der Waals surface area contributed by atoms with Crippen molar-refractivity contribution in [3.05, 3.63) is 65.7 Å². The lowest BCUT2D eigenvalue weighted by Crippen LogP contribution is -2.49. The fourth-order valence-electron chi connectivity index (χ4n) is 2.89. The van der Waals surface area contributed by atoms with E-state index in [9.17, 15) is 9.59 Å². The Bertz CT molecular complexity index is 776. The second-order valence-electron chi connectivity index (χ2n) is 7.03. The molecular formula is C23H30N2O3. The van der Waals surface area contributed by atoms with Crippen molar-refractivity contribution in [1.29, 1.82) is 0 Å². The van der Waals surface area contributed by atoms with E-state index >= 15 is 0 Å². The minimum Gasteiger partial charge on any atom is -0.497 e. The molecule has 2 amide bonds. The first-order valence-electron chi connectivity index (χ1n) is 9.71. The maximum Gasteiger partial charge on any atom is 0.242 e. The lowest BCUT2D eigenvalue weighted by atomic mass is 10.1. The Balaban J connectivity index is 2.22. The zero-order valence-corrected chi connectivity index (χ0v) is 17.1. The summed E-state index contributed by atoms with van der Waals surface area (Å²) >= 11 is 0. The average molecular weight is 383 g/mol. The second kappa shape index (κ2) is 10.5. The molecule has 2 rings (SSSR count). The molecule has 0 saturated carbocycles. The highest BCUT2D eigenvalue weighted by Gasteiger charge is 2.26. The van der Waals surface area contributed by atoms with Gasteiger partial charge in [-0.25, -0.2) is 0 Å². The van der Waals surface area contributed by atoms with E-state index in [4.69, 9.17) is 4.74 Å². The zero-order chi connectivity index (χ0) is 20.5. The van der Waals surface area contributed by atoms with Gasteiger partial charge < -0.3 is 15.0 Å². The number of carbonyl (C=O) groups is 2. The van der Waals surface area contributed by atoms with Gasteiger partial charge in [0.15, 0.2) is 0 Å². The molecule has 2 atom stereocenters. The number of hydrogen-bond donors (Lipinski definition) is 1. The van der Waals surface area contributed by atoms with Crippen LogP contribution < -0.4 is 10.1 Å². The first-order valence-corrected chi connectivity index (χ1v) is 9.71. The van der Waals surface area contributed by atoms with Crippen LogP contribution in [0.2, 0.25) is 0 Å². The van der Waals surface area contributed by atoms with Crippen LogP contribution in [-0.2, 0) is 22.6 Å². The third-order valence-corrected chi connectivity index (χ3v) is 4.85. The van der Waals surface area contributed by atoms with Crippen molar-refractivity contribution < 1.29 is 14.3 Å². The summed E-state index contributed by atoms with van der Waals surface area (Å²) < 4.78 is 5.28. The fourth-order valence-corrected chi connectivity index (χ4v) is 2.89. The molecule has 0 spiro atoms. The normalized spacial score (nSPS) is 12.7. The number of carbonyl (C=O) groups excluding carboxylic acids is 2. The Morgan fingerprint density at radius 2 is 1.71 bits per heavy atom. The molecule has 0 radical (unpaired) electrons. The predicted octanol–water partition coefficient (Wildman–Crippen LogP) is 3.57. The summed E-state index contributed by atoms with van der Waals surface area (Å²) in [5.74, 6) is 0.504. The van der Waals surface area contributed by atoms with Crippen molar-refractivity contribution in [3.8, 4) is 5.75 Å². The standard InChI is InChI=1S/C23H30N2O3/c1-5-17(2)24-23(27)18(3)25(16-20-12-9-13-21(14-20)28-4)22(26)15-19-10-7-6-8-11-19/h6-14,17-18H,5,15-16H2,1-4H3,(H,24,27)/t17-,18-/m0/s1. The molecule has 150 valence electrons. The minimum absolute atomic E-state index is 0.0674. The van der Waals surface area contributed by atoms with Crippen LogP contribution in [0.1, 0.15) is 38.3 Å². The van der Waals surface area contributed by atoms with Crippen LogP contribution in [0.4, 0.5) is 0 Å². The van der Waals surface area contributed by atoms with Crippen molar-refractivity contribution in [2.75, 3.05) is 7.11 Å². The Morgan fingerprint density at radius 3 is 2.36 bits per heavy atom. The van der Waals surface area contributed by atoms with Gasteiger partial charge in [-0.1, -0.05) is 49.4 Å². The van der Waals surface area contributed by atoms with Gasteiger partial charge in [0.1, 0.15) is 11.8 Å². The summed E-state index contributed by atoms with van der Waals surface area (Å²) in [6.45, 7) is 6.10. The van der Waals surface area contributed by atoms with E-state index in [2.05, 4.69) is 5.32 Å². The van der Waals surface area contributed by atoms with Gasteiger partial charge in [0.2, 0.25) is 11.8 Å². The van der Waals surface area contributed by atoms with Crippen molar-refractivity contribution in [3.63, 3.8) is 0 Å². The molecule has 0 unspecified atom stereocenters. The number of hydrogen-bond acceptors (Lipinski definition) is 3. The molecule has 0 aliphatic rings. The number of benzene rings is 2. The molecule has 5 heteroatoms. The maximum absolute atomic E-state index is 13.1. The van der Waals surface area contributed by atoms with Crippen LogP contribution in [-0.4, -0.2) is 35.9 Å². The Morgan fingerprint density at radius 1 is 1.04 bits per heavy atom. The summed E-state index contributed by atoms with van der Waals surface area (Å²) in [4.78, 5) is 27.4. The van der Waals surface area contributed by atoms with Crippen LogP contribution in [0.3, 0.4) is 0 Å². The number of amides is 2. The first kappa shape index (κ1) is 21.5. The van der Waals surface area contributed by atoms with E-state index < -0.39 is 6.04 Å². The first-order chi connectivity index (χ1) is 13.4. The SMILES string of the molecule is CC[C@H](C)NC(=O)[C@H](C)N(Cc1cccc(OC)c1)C(=O)Cc1ccccc1. The number of methoxy groups -OCH3 is 1. The van der Waals surface area contributed by atoms with Crippen molar-refractivity contribution in [1.82, 2.24) is 10.2 Å². The zero-order valence-electron chi connectivity index (χ0n) is 17.1. The molecule has 0 aliphatic heterocycles. The van der Waals surface area contributed by atoms with E-state index in [0.29, 0.717) is 6.54 Å². The molecule has 2 aromatic carbocycles. The Labute approximate surface area is 167 Å². The Kier molecular flexibility index (Phi) is 8.05. The summed E-state index contributed by atoms with van der Waals surface area (Å²) in [6.07, 6.45) is 1.10. The van der Waals surface area contributed by atoms with E-state index in [1.54, 1.807) is 18.9 Å². The molecule has 0 aromatic heterocycles. The van der Waals surface area contributed by atoms with E-state index in [1.807, 2.05) is 68.4 Å². The number of ether oxygens (including phenoxy) is 1. The molecule has 0 fully saturated rings. The monoisotopic (exact) mass is 382 g/mol. The lowest BCUT2D eigenvalue weighted by Gasteiger charge is -2.30. The summed E-state index contributed by atoms with van der Waals surface area (Å²) in [7, 11) is 1.61. The van der Waals surface area contributed by atoms with E-state index in [-0.39, 0.29) is 24.3 Å². The smallest absolute Gasteiger partial charge is 0.242 e. The quantitative estimate of drug-likeness (QED) is 0.721. The predicted molar refractivity (Wildman–Crippen MR) is 111 cm³/mol. The minimum atomic E-state index is -0.573. The second-order valence-corrected chi connectivity index (χ2v) is 7.03. The van der Waals surface area contributed by atoms with Crippen LogP contribution in [0, 0.1) is 0 Å². The molecule has 5 nitrogen and oxygen atoms in total. The van der Waals surface area contributed by atoms with Gasteiger partial charge in [-0.15, -0.1) is 0 Å². The molecule has 0 bridgehead atoms. The van der Waals surface area contributed by atoms with Gasteiger partial charge in [0, 0.05) is 12.6 Å². The molecular weight excluding hydrogens is 352 g/mol. The highest BCUT2D eigenvalue weighted by atomic mass is 16.5. The summed E-state index contributed by atoms with van der Waals surface area (Å²) in [6, 6.07) is 16.7. The number of nitrogens with zero attached hydrogens (tertiary/aromatic N) is 1. The van der Waals surface area contributed by atoms with E-state index in [0.717, 1.165) is 23.3 Å². The van der Waals surface area contributed by atoms with Crippen LogP contribution >= 0.6 is 0 Å². The summed E-state index contributed by atoms with van der Waals surface area (Å²) in [5.41, 5.74) is 1.85. The highest BCUT2D eigenvalue weighted by Crippen LogP contribution is 2.17. The molecule has 0 saturated heterocycles. The molecule has 0 heterocycles. The molecule has 2 aromatic rings. The third-order valence-electron chi connectivity index (χ3n) is 4.85. The Hall–Kier alpha value is -2.82. The number of nitrogens with one attached hydrogen (secondary N) is 1. The fraction of sp³-hybridized carbons (Fsp3) is 0.391.